The molecule has 40 heavy (non-hydrogen) atoms. The zero-order chi connectivity index (χ0) is 28.1. The zero-order valence-electron chi connectivity index (χ0n) is 23.6. The summed E-state index contributed by atoms with van der Waals surface area (Å²) < 4.78 is 1.65. The minimum Gasteiger partial charge on any atom is -0.379 e. The molecule has 2 aliphatic heterocycles. The van der Waals surface area contributed by atoms with Crippen molar-refractivity contribution >= 4 is 28.0 Å². The number of rotatable bonds is 10. The van der Waals surface area contributed by atoms with Gasteiger partial charge in [0.05, 0.1) is 5.69 Å². The number of nitrogens with one attached hydrogen (secondary N) is 3. The average Bonchev–Trinajstić information content (AvgIpc) is 3.48. The summed E-state index contributed by atoms with van der Waals surface area (Å²) >= 11 is 1.42. The predicted molar refractivity (Wildman–Crippen MR) is 165 cm³/mol. The van der Waals surface area contributed by atoms with Crippen LogP contribution in [0.15, 0.2) is 41.3 Å². The van der Waals surface area contributed by atoms with E-state index in [1.807, 2.05) is 18.3 Å². The normalized spacial score (nSPS) is 22.9. The Morgan fingerprint density at radius 2 is 2.00 bits per heavy atom. The van der Waals surface area contributed by atoms with E-state index in [1.165, 1.54) is 36.6 Å². The Balaban J connectivity index is 1.29. The Labute approximate surface area is 241 Å². The van der Waals surface area contributed by atoms with E-state index in [-0.39, 0.29) is 22.9 Å². The summed E-state index contributed by atoms with van der Waals surface area (Å²) in [7, 11) is 0. The summed E-state index contributed by atoms with van der Waals surface area (Å²) in [6, 6.07) is 11.8. The van der Waals surface area contributed by atoms with Gasteiger partial charge in [0.2, 0.25) is 0 Å². The van der Waals surface area contributed by atoms with E-state index in [0.29, 0.717) is 17.7 Å². The van der Waals surface area contributed by atoms with Crippen LogP contribution >= 0.6 is 11.8 Å². The van der Waals surface area contributed by atoms with Gasteiger partial charge in [-0.15, -0.1) is 0 Å². The fourth-order valence-corrected chi connectivity index (χ4v) is 6.92. The highest BCUT2D eigenvalue weighted by Crippen LogP contribution is 2.33. The number of nitrogens with two attached hydrogens (primary N) is 2. The molecule has 3 aromatic rings. The lowest BCUT2D eigenvalue weighted by Crippen LogP contribution is -2.32. The Morgan fingerprint density at radius 1 is 1.20 bits per heavy atom. The molecular formula is C30H44N8OS. The summed E-state index contributed by atoms with van der Waals surface area (Å²) in [6.07, 6.45) is 12.0. The zero-order valence-corrected chi connectivity index (χ0v) is 24.4. The van der Waals surface area contributed by atoms with Gasteiger partial charge in [-0.1, -0.05) is 36.7 Å². The number of hydrogen-bond donors (Lipinski definition) is 5. The summed E-state index contributed by atoms with van der Waals surface area (Å²) in [5, 5.41) is 12.4. The monoisotopic (exact) mass is 564 g/mol. The molecule has 0 saturated carbocycles. The van der Waals surface area contributed by atoms with Crippen LogP contribution in [0, 0.1) is 5.41 Å². The van der Waals surface area contributed by atoms with Gasteiger partial charge in [-0.3, -0.25) is 14.9 Å². The van der Waals surface area contributed by atoms with E-state index in [4.69, 9.17) is 16.9 Å². The molecule has 1 unspecified atom stereocenters. The molecule has 9 nitrogen and oxygen atoms in total. The number of benzene rings is 1. The van der Waals surface area contributed by atoms with Crippen LogP contribution in [-0.4, -0.2) is 55.5 Å². The minimum atomic E-state index is -0.274. The molecule has 10 heteroatoms. The van der Waals surface area contributed by atoms with E-state index in [2.05, 4.69) is 45.3 Å². The summed E-state index contributed by atoms with van der Waals surface area (Å²) in [5.74, 6) is 0.865. The largest absolute Gasteiger partial charge is 0.379 e. The average molecular weight is 565 g/mol. The molecule has 2 aromatic heterocycles. The highest BCUT2D eigenvalue weighted by molar-refractivity contribution is 8.13. The van der Waals surface area contributed by atoms with E-state index in [0.717, 1.165) is 74.1 Å². The van der Waals surface area contributed by atoms with Crippen LogP contribution in [0.1, 0.15) is 88.1 Å². The highest BCUT2D eigenvalue weighted by atomic mass is 32.2. The Hall–Kier alpha value is -2.66. The van der Waals surface area contributed by atoms with E-state index < -0.39 is 0 Å². The van der Waals surface area contributed by atoms with Crippen molar-refractivity contribution in [2.75, 3.05) is 18.8 Å². The van der Waals surface area contributed by atoms with Gasteiger partial charge in [0.25, 0.3) is 0 Å². The number of hydrogen-bond acceptors (Lipinski definition) is 7. The predicted octanol–water partition coefficient (Wildman–Crippen LogP) is 4.57. The molecular weight excluding hydrogens is 520 g/mol. The smallest absolute Gasteiger partial charge is 0.354 e. The fourth-order valence-electron chi connectivity index (χ4n) is 6.30. The summed E-state index contributed by atoms with van der Waals surface area (Å²) in [6.45, 7) is 4.21. The molecule has 0 spiro atoms. The van der Waals surface area contributed by atoms with Crippen LogP contribution in [0.25, 0.3) is 16.7 Å². The van der Waals surface area contributed by atoms with Crippen LogP contribution < -0.4 is 22.5 Å². The first-order chi connectivity index (χ1) is 19.4. The third kappa shape index (κ3) is 7.15. The lowest BCUT2D eigenvalue weighted by Gasteiger charge is -2.23. The first-order valence-electron chi connectivity index (χ1n) is 14.8. The molecule has 0 bridgehead atoms. The molecule has 1 aromatic carbocycles. The molecule has 0 aliphatic carbocycles. The third-order valence-corrected chi connectivity index (χ3v) is 9.14. The maximum absolute atomic E-state index is 13.0. The number of nitrogens with zero attached hydrogens (tertiary/aromatic N) is 3. The lowest BCUT2D eigenvalue weighted by atomic mass is 10.0. The van der Waals surface area contributed by atoms with Gasteiger partial charge in [0.15, 0.2) is 5.17 Å². The van der Waals surface area contributed by atoms with E-state index in [9.17, 15) is 4.79 Å². The topological polar surface area (TPSA) is 142 Å². The molecule has 0 radical (unpaired) electrons. The van der Waals surface area contributed by atoms with Crippen molar-refractivity contribution in [1.29, 1.82) is 5.41 Å². The molecule has 4 heterocycles. The number of fused-ring (bicyclic) bond motifs is 1. The fraction of sp³-hybridized carbons (Fsp3) is 0.567. The van der Waals surface area contributed by atoms with Crippen molar-refractivity contribution in [3.8, 4) is 5.69 Å². The van der Waals surface area contributed by atoms with Gasteiger partial charge >= 0.3 is 5.69 Å². The van der Waals surface area contributed by atoms with Crippen LogP contribution in [0.3, 0.4) is 0 Å². The highest BCUT2D eigenvalue weighted by Gasteiger charge is 2.27. The van der Waals surface area contributed by atoms with Crippen molar-refractivity contribution in [3.63, 3.8) is 0 Å². The first kappa shape index (κ1) is 28.9. The van der Waals surface area contributed by atoms with Crippen molar-refractivity contribution in [2.45, 2.75) is 88.9 Å². The molecule has 7 N–H and O–H groups in total. The molecule has 216 valence electrons. The maximum Gasteiger partial charge on any atom is 0.354 e. The number of aromatic nitrogens is 3. The standard InChI is InChI=1S/C30H44N8OS/c1-20(31)6-4-15-37-16-5-9-27(37)26-18-22-19-38(30(39)36-28(22)35-26)24-12-10-21(11-13-24)25-8-3-2-7-23(34-25)14-17-40-29(32)33/h10-13,18-20,23,25,27,34H,2-9,14-17,31H2,1H3,(H3,32,33)(H,35,36,39)/t20-,23-,25-,27?/m0/s1. The summed E-state index contributed by atoms with van der Waals surface area (Å²) in [5.41, 5.74) is 15.1. The number of aromatic amines is 1. The van der Waals surface area contributed by atoms with Gasteiger partial charge in [0, 0.05) is 47.2 Å². The number of likely N-dealkylation sites (tertiary alicyclic amines) is 1. The van der Waals surface area contributed by atoms with Crippen molar-refractivity contribution in [1.82, 2.24) is 24.8 Å². The third-order valence-electron chi connectivity index (χ3n) is 8.39. The molecule has 0 amide bonds. The minimum absolute atomic E-state index is 0.188. The second-order valence-corrected chi connectivity index (χ2v) is 12.7. The molecule has 2 saturated heterocycles. The van der Waals surface area contributed by atoms with Crippen molar-refractivity contribution < 1.29 is 0 Å². The van der Waals surface area contributed by atoms with Gasteiger partial charge in [-0.25, -0.2) is 4.79 Å². The molecule has 4 atom stereocenters. The van der Waals surface area contributed by atoms with E-state index in [1.54, 1.807) is 4.57 Å². The van der Waals surface area contributed by atoms with Crippen LogP contribution in [0.5, 0.6) is 0 Å². The molecule has 2 fully saturated rings. The number of amidine groups is 1. The Bertz CT molecular complexity index is 1330. The Morgan fingerprint density at radius 3 is 2.77 bits per heavy atom. The second-order valence-electron chi connectivity index (χ2n) is 11.5. The number of H-pyrrole nitrogens is 1. The SMILES string of the molecule is C[C@H](N)CCCN1CCCC1c1cc2cn(-c3ccc([C@@H]4CCCC[C@@H](CCSC(=N)N)N4)cc3)c(=O)nc2[nH]1. The van der Waals surface area contributed by atoms with Gasteiger partial charge in [0.1, 0.15) is 5.65 Å². The Kier molecular flexibility index (Phi) is 9.62. The van der Waals surface area contributed by atoms with Crippen molar-refractivity contribution in [2.24, 2.45) is 11.5 Å². The second kappa shape index (κ2) is 13.3. The van der Waals surface area contributed by atoms with Crippen molar-refractivity contribution in [3.05, 3.63) is 58.3 Å². The summed E-state index contributed by atoms with van der Waals surface area (Å²) in [4.78, 5) is 23.4. The molecule has 5 rings (SSSR count). The van der Waals surface area contributed by atoms with Crippen LogP contribution in [0.4, 0.5) is 0 Å². The quantitative estimate of drug-likeness (QED) is 0.179. The van der Waals surface area contributed by atoms with Gasteiger partial charge in [-0.2, -0.15) is 4.98 Å². The van der Waals surface area contributed by atoms with Crippen LogP contribution in [0.2, 0.25) is 0 Å². The van der Waals surface area contributed by atoms with Crippen LogP contribution in [-0.2, 0) is 0 Å². The van der Waals surface area contributed by atoms with Gasteiger partial charge in [-0.05, 0) is 88.7 Å². The lowest BCUT2D eigenvalue weighted by molar-refractivity contribution is 0.247. The number of thioether (sulfide) groups is 1. The van der Waals surface area contributed by atoms with Gasteiger partial charge < -0.3 is 21.8 Å². The van der Waals surface area contributed by atoms with E-state index >= 15 is 0 Å². The molecule has 2 aliphatic rings. The maximum atomic E-state index is 13.0. The first-order valence-corrected chi connectivity index (χ1v) is 15.8.